The van der Waals surface area contributed by atoms with Gasteiger partial charge in [0.2, 0.25) is 0 Å². The molecule has 8 heteroatoms. The average molecular weight is 421 g/mol. The Morgan fingerprint density at radius 1 is 1.07 bits per heavy atom. The Balaban J connectivity index is 1.64. The molecule has 3 rings (SSSR count). The maximum absolute atomic E-state index is 12.4. The molecule has 1 heterocycles. The summed E-state index contributed by atoms with van der Waals surface area (Å²) in [5.41, 5.74) is 1.70. The molecular formula is C19H18Cl2N4OS. The molecule has 0 unspecified atom stereocenters. The second-order valence-corrected chi connectivity index (χ2v) is 7.83. The maximum Gasteiger partial charge on any atom is 0.251 e. The van der Waals surface area contributed by atoms with Gasteiger partial charge in [0, 0.05) is 28.4 Å². The van der Waals surface area contributed by atoms with Crippen molar-refractivity contribution < 1.29 is 4.79 Å². The van der Waals surface area contributed by atoms with E-state index < -0.39 is 0 Å². The molecule has 1 N–H and O–H groups in total. The highest BCUT2D eigenvalue weighted by Crippen LogP contribution is 2.24. The van der Waals surface area contributed by atoms with E-state index in [4.69, 9.17) is 23.2 Å². The van der Waals surface area contributed by atoms with Gasteiger partial charge < -0.3 is 9.88 Å². The molecule has 1 atom stereocenters. The summed E-state index contributed by atoms with van der Waals surface area (Å²) in [6.45, 7) is 1.88. The average Bonchev–Trinajstić information content (AvgIpc) is 3.02. The SMILES string of the molecule is C[C@@H](NC(=O)c1ccc(Cl)cc1)c1nnc(SCc2ccc(Cl)cc2)n1C. The normalized spacial score (nSPS) is 12.0. The lowest BCUT2D eigenvalue weighted by Gasteiger charge is -2.13. The molecule has 27 heavy (non-hydrogen) atoms. The fourth-order valence-electron chi connectivity index (χ4n) is 2.50. The van der Waals surface area contributed by atoms with Crippen LogP contribution in [0.5, 0.6) is 0 Å². The molecule has 0 aliphatic rings. The number of amides is 1. The van der Waals surface area contributed by atoms with Crippen LogP contribution in [0.1, 0.15) is 34.7 Å². The molecule has 0 aliphatic heterocycles. The largest absolute Gasteiger partial charge is 0.342 e. The molecule has 5 nitrogen and oxygen atoms in total. The van der Waals surface area contributed by atoms with Crippen molar-refractivity contribution in [3.63, 3.8) is 0 Å². The third-order valence-electron chi connectivity index (χ3n) is 3.99. The van der Waals surface area contributed by atoms with Crippen LogP contribution in [-0.4, -0.2) is 20.7 Å². The molecule has 0 bridgehead atoms. The Bertz CT molecular complexity index is 926. The molecule has 2 aromatic carbocycles. The summed E-state index contributed by atoms with van der Waals surface area (Å²) in [5, 5.41) is 13.5. The highest BCUT2D eigenvalue weighted by Gasteiger charge is 2.18. The predicted molar refractivity (Wildman–Crippen MR) is 109 cm³/mol. The van der Waals surface area contributed by atoms with Crippen molar-refractivity contribution in [2.24, 2.45) is 7.05 Å². The summed E-state index contributed by atoms with van der Waals surface area (Å²) in [6, 6.07) is 14.2. The first-order valence-electron chi connectivity index (χ1n) is 8.27. The van der Waals surface area contributed by atoms with Gasteiger partial charge in [-0.15, -0.1) is 10.2 Å². The Hall–Kier alpha value is -2.02. The van der Waals surface area contributed by atoms with Crippen LogP contribution >= 0.6 is 35.0 Å². The molecular weight excluding hydrogens is 403 g/mol. The minimum Gasteiger partial charge on any atom is -0.342 e. The van der Waals surface area contributed by atoms with Gasteiger partial charge in [-0.2, -0.15) is 0 Å². The van der Waals surface area contributed by atoms with Gasteiger partial charge in [0.05, 0.1) is 6.04 Å². The van der Waals surface area contributed by atoms with Gasteiger partial charge in [-0.3, -0.25) is 4.79 Å². The van der Waals surface area contributed by atoms with Crippen molar-refractivity contribution in [2.45, 2.75) is 23.9 Å². The van der Waals surface area contributed by atoms with Crippen molar-refractivity contribution in [1.29, 1.82) is 0 Å². The molecule has 1 aromatic heterocycles. The number of hydrogen-bond donors (Lipinski definition) is 1. The molecule has 0 aliphatic carbocycles. The van der Waals surface area contributed by atoms with Gasteiger partial charge in [-0.05, 0) is 48.9 Å². The predicted octanol–water partition coefficient (Wildman–Crippen LogP) is 4.91. The first-order valence-corrected chi connectivity index (χ1v) is 10.0. The van der Waals surface area contributed by atoms with E-state index in [-0.39, 0.29) is 11.9 Å². The summed E-state index contributed by atoms with van der Waals surface area (Å²) in [5.74, 6) is 1.27. The maximum atomic E-state index is 12.4. The van der Waals surface area contributed by atoms with Gasteiger partial charge in [-0.25, -0.2) is 0 Å². The smallest absolute Gasteiger partial charge is 0.251 e. The van der Waals surface area contributed by atoms with Gasteiger partial charge in [0.15, 0.2) is 11.0 Å². The number of carbonyl (C=O) groups excluding carboxylic acids is 1. The van der Waals surface area contributed by atoms with Crippen LogP contribution in [0.2, 0.25) is 10.0 Å². The standard InChI is InChI=1S/C19H18Cl2N4OS/c1-12(22-18(26)14-5-9-16(21)10-6-14)17-23-24-19(25(17)2)27-11-13-3-7-15(20)8-4-13/h3-10,12H,11H2,1-2H3,(H,22,26)/t12-/m1/s1. The zero-order chi connectivity index (χ0) is 19.4. The molecule has 0 saturated heterocycles. The lowest BCUT2D eigenvalue weighted by Crippen LogP contribution is -2.28. The topological polar surface area (TPSA) is 59.8 Å². The zero-order valence-electron chi connectivity index (χ0n) is 14.8. The van der Waals surface area contributed by atoms with Crippen molar-refractivity contribution in [3.05, 3.63) is 75.5 Å². The van der Waals surface area contributed by atoms with Crippen molar-refractivity contribution in [1.82, 2.24) is 20.1 Å². The monoisotopic (exact) mass is 420 g/mol. The van der Waals surface area contributed by atoms with E-state index in [0.717, 1.165) is 21.5 Å². The van der Waals surface area contributed by atoms with Crippen LogP contribution in [0.4, 0.5) is 0 Å². The highest BCUT2D eigenvalue weighted by atomic mass is 35.5. The van der Waals surface area contributed by atoms with Crippen LogP contribution in [-0.2, 0) is 12.8 Å². The molecule has 0 saturated carbocycles. The van der Waals surface area contributed by atoms with Crippen LogP contribution < -0.4 is 5.32 Å². The van der Waals surface area contributed by atoms with Gasteiger partial charge in [0.1, 0.15) is 0 Å². The van der Waals surface area contributed by atoms with Crippen molar-refractivity contribution >= 4 is 40.9 Å². The summed E-state index contributed by atoms with van der Waals surface area (Å²) >= 11 is 13.4. The Morgan fingerprint density at radius 2 is 1.67 bits per heavy atom. The quantitative estimate of drug-likeness (QED) is 0.575. The number of rotatable bonds is 6. The molecule has 140 valence electrons. The van der Waals surface area contributed by atoms with E-state index >= 15 is 0 Å². The number of thioether (sulfide) groups is 1. The molecule has 0 fully saturated rings. The van der Waals surface area contributed by atoms with Gasteiger partial charge >= 0.3 is 0 Å². The van der Waals surface area contributed by atoms with E-state index in [1.54, 1.807) is 36.0 Å². The molecule has 0 spiro atoms. The Labute approximate surface area is 172 Å². The minimum absolute atomic E-state index is 0.183. The van der Waals surface area contributed by atoms with Crippen LogP contribution in [0.15, 0.2) is 53.7 Å². The van der Waals surface area contributed by atoms with E-state index in [2.05, 4.69) is 15.5 Å². The van der Waals surface area contributed by atoms with E-state index in [1.165, 1.54) is 0 Å². The molecule has 1 amide bonds. The summed E-state index contributed by atoms with van der Waals surface area (Å²) in [6.07, 6.45) is 0. The molecule has 0 radical (unpaired) electrons. The fourth-order valence-corrected chi connectivity index (χ4v) is 3.63. The summed E-state index contributed by atoms with van der Waals surface area (Å²) in [4.78, 5) is 12.4. The number of nitrogens with zero attached hydrogens (tertiary/aromatic N) is 3. The fraction of sp³-hybridized carbons (Fsp3) is 0.211. The number of nitrogens with one attached hydrogen (secondary N) is 1. The van der Waals surface area contributed by atoms with Crippen LogP contribution in [0, 0.1) is 0 Å². The molecule has 3 aromatic rings. The van der Waals surface area contributed by atoms with Gasteiger partial charge in [0.25, 0.3) is 5.91 Å². The van der Waals surface area contributed by atoms with E-state index in [9.17, 15) is 4.79 Å². The Kier molecular flexibility index (Phi) is 6.42. The first kappa shape index (κ1) is 19.7. The third kappa shape index (κ3) is 5.03. The van der Waals surface area contributed by atoms with Crippen LogP contribution in [0.25, 0.3) is 0 Å². The van der Waals surface area contributed by atoms with Gasteiger partial charge in [-0.1, -0.05) is 47.1 Å². The minimum atomic E-state index is -0.282. The van der Waals surface area contributed by atoms with Crippen LogP contribution in [0.3, 0.4) is 0 Å². The lowest BCUT2D eigenvalue weighted by molar-refractivity contribution is 0.0937. The third-order valence-corrected chi connectivity index (χ3v) is 5.59. The second-order valence-electron chi connectivity index (χ2n) is 6.02. The number of carbonyl (C=O) groups is 1. The van der Waals surface area contributed by atoms with E-state index in [0.29, 0.717) is 16.4 Å². The van der Waals surface area contributed by atoms with E-state index in [1.807, 2.05) is 42.8 Å². The van der Waals surface area contributed by atoms with Crippen molar-refractivity contribution in [2.75, 3.05) is 0 Å². The first-order chi connectivity index (χ1) is 12.9. The summed E-state index contributed by atoms with van der Waals surface area (Å²) < 4.78 is 1.90. The highest BCUT2D eigenvalue weighted by molar-refractivity contribution is 7.98. The second kappa shape index (κ2) is 8.78. The zero-order valence-corrected chi connectivity index (χ0v) is 17.1. The van der Waals surface area contributed by atoms with Crippen molar-refractivity contribution in [3.8, 4) is 0 Å². The number of halogens is 2. The summed E-state index contributed by atoms with van der Waals surface area (Å²) in [7, 11) is 1.89. The number of benzene rings is 2. The number of aromatic nitrogens is 3. The Morgan fingerprint density at radius 3 is 2.30 bits per heavy atom. The number of hydrogen-bond acceptors (Lipinski definition) is 4. The lowest BCUT2D eigenvalue weighted by atomic mass is 10.2.